The van der Waals surface area contributed by atoms with E-state index in [2.05, 4.69) is 5.32 Å². The normalized spacial score (nSPS) is 10.4. The number of ether oxygens (including phenoxy) is 1. The van der Waals surface area contributed by atoms with Crippen LogP contribution < -0.4 is 10.1 Å². The Morgan fingerprint density at radius 3 is 2.83 bits per heavy atom. The molecule has 1 aromatic heterocycles. The van der Waals surface area contributed by atoms with Crippen molar-refractivity contribution in [1.29, 1.82) is 0 Å². The minimum atomic E-state index is -0.303. The van der Waals surface area contributed by atoms with Gasteiger partial charge in [0.15, 0.2) is 0 Å². The molecule has 1 aromatic carbocycles. The number of hydrogen-bond donors (Lipinski definition) is 1. The number of anilines is 1. The molecular weight excluding hydrogens is 273 g/mol. The van der Waals surface area contributed by atoms with Crippen LogP contribution in [-0.4, -0.2) is 6.61 Å². The van der Waals surface area contributed by atoms with Gasteiger partial charge < -0.3 is 10.1 Å². The van der Waals surface area contributed by atoms with Crippen LogP contribution in [-0.2, 0) is 6.54 Å². The Morgan fingerprint density at radius 2 is 2.17 bits per heavy atom. The Hall–Kier alpha value is -1.26. The average molecular weight is 286 g/mol. The highest BCUT2D eigenvalue weighted by Gasteiger charge is 2.05. The Morgan fingerprint density at radius 1 is 1.33 bits per heavy atom. The van der Waals surface area contributed by atoms with Gasteiger partial charge in [-0.25, -0.2) is 4.39 Å². The number of halogens is 2. The zero-order chi connectivity index (χ0) is 13.0. The molecule has 2 aromatic rings. The molecule has 0 aliphatic rings. The molecule has 0 amide bonds. The lowest BCUT2D eigenvalue weighted by molar-refractivity contribution is 0.340. The van der Waals surface area contributed by atoms with Crippen LogP contribution in [0, 0.1) is 5.82 Å². The predicted octanol–water partition coefficient (Wildman–Crippen LogP) is 4.55. The van der Waals surface area contributed by atoms with Crippen molar-refractivity contribution in [3.8, 4) is 5.75 Å². The fraction of sp³-hybridized carbons (Fsp3) is 0.231. The molecule has 0 radical (unpaired) electrons. The van der Waals surface area contributed by atoms with Gasteiger partial charge in [-0.15, -0.1) is 11.3 Å². The summed E-state index contributed by atoms with van der Waals surface area (Å²) in [5.74, 6) is 0.225. The van der Waals surface area contributed by atoms with Crippen LogP contribution >= 0.6 is 22.9 Å². The van der Waals surface area contributed by atoms with Crippen molar-refractivity contribution in [2.24, 2.45) is 0 Å². The summed E-state index contributed by atoms with van der Waals surface area (Å²) in [6, 6.07) is 8.29. The monoisotopic (exact) mass is 285 g/mol. The largest absolute Gasteiger partial charge is 0.492 e. The Bertz CT molecular complexity index is 529. The second kappa shape index (κ2) is 6.07. The van der Waals surface area contributed by atoms with Crippen molar-refractivity contribution in [3.63, 3.8) is 0 Å². The molecule has 0 fully saturated rings. The summed E-state index contributed by atoms with van der Waals surface area (Å²) in [5.41, 5.74) is 0.780. The van der Waals surface area contributed by atoms with Crippen molar-refractivity contribution in [2.45, 2.75) is 13.5 Å². The minimum absolute atomic E-state index is 0.303. The van der Waals surface area contributed by atoms with E-state index in [0.29, 0.717) is 18.9 Å². The van der Waals surface area contributed by atoms with Crippen LogP contribution in [0.25, 0.3) is 0 Å². The minimum Gasteiger partial charge on any atom is -0.492 e. The molecule has 0 saturated carbocycles. The van der Waals surface area contributed by atoms with E-state index in [1.807, 2.05) is 19.1 Å². The van der Waals surface area contributed by atoms with Crippen molar-refractivity contribution >= 4 is 28.6 Å². The molecule has 5 heteroatoms. The summed E-state index contributed by atoms with van der Waals surface area (Å²) in [6.07, 6.45) is 0. The first-order valence-corrected chi connectivity index (χ1v) is 6.79. The van der Waals surface area contributed by atoms with E-state index < -0.39 is 0 Å². The van der Waals surface area contributed by atoms with E-state index in [4.69, 9.17) is 16.3 Å². The van der Waals surface area contributed by atoms with Gasteiger partial charge >= 0.3 is 0 Å². The van der Waals surface area contributed by atoms with Gasteiger partial charge in [0, 0.05) is 17.5 Å². The maximum Gasteiger partial charge on any atom is 0.145 e. The number of benzene rings is 1. The van der Waals surface area contributed by atoms with Crippen LogP contribution in [0.2, 0.25) is 4.34 Å². The van der Waals surface area contributed by atoms with Crippen molar-refractivity contribution in [1.82, 2.24) is 0 Å². The van der Waals surface area contributed by atoms with Crippen LogP contribution in [0.1, 0.15) is 11.8 Å². The zero-order valence-electron chi connectivity index (χ0n) is 9.87. The second-order valence-electron chi connectivity index (χ2n) is 3.63. The quantitative estimate of drug-likeness (QED) is 0.870. The Kier molecular flexibility index (Phi) is 4.44. The van der Waals surface area contributed by atoms with Gasteiger partial charge in [0.25, 0.3) is 0 Å². The number of hydrogen-bond acceptors (Lipinski definition) is 3. The summed E-state index contributed by atoms with van der Waals surface area (Å²) in [5, 5.41) is 3.22. The fourth-order valence-corrected chi connectivity index (χ4v) is 2.57. The van der Waals surface area contributed by atoms with Crippen LogP contribution in [0.5, 0.6) is 5.75 Å². The van der Waals surface area contributed by atoms with Gasteiger partial charge in [0.2, 0.25) is 0 Å². The van der Waals surface area contributed by atoms with Gasteiger partial charge in [-0.3, -0.25) is 0 Å². The molecule has 0 aliphatic carbocycles. The topological polar surface area (TPSA) is 21.3 Å². The first kappa shape index (κ1) is 13.2. The van der Waals surface area contributed by atoms with Crippen LogP contribution in [0.15, 0.2) is 30.3 Å². The number of thiophene rings is 1. The molecule has 0 saturated heterocycles. The second-order valence-corrected chi connectivity index (χ2v) is 5.43. The fourth-order valence-electron chi connectivity index (χ4n) is 1.55. The molecule has 1 N–H and O–H groups in total. The van der Waals surface area contributed by atoms with Gasteiger partial charge in [0.05, 0.1) is 16.6 Å². The van der Waals surface area contributed by atoms with Crippen molar-refractivity contribution in [2.75, 3.05) is 11.9 Å². The molecule has 2 nitrogen and oxygen atoms in total. The molecule has 0 aliphatic heterocycles. The smallest absolute Gasteiger partial charge is 0.145 e. The molecule has 18 heavy (non-hydrogen) atoms. The molecule has 0 spiro atoms. The SMILES string of the molecule is CCOc1cc(F)ccc1NCc1ccc(Cl)s1. The average Bonchev–Trinajstić information content (AvgIpc) is 2.75. The van der Waals surface area contributed by atoms with Crippen molar-refractivity contribution in [3.05, 3.63) is 45.4 Å². The van der Waals surface area contributed by atoms with Crippen LogP contribution in [0.4, 0.5) is 10.1 Å². The van der Waals surface area contributed by atoms with E-state index in [9.17, 15) is 4.39 Å². The van der Waals surface area contributed by atoms with Gasteiger partial charge in [-0.05, 0) is 31.2 Å². The van der Waals surface area contributed by atoms with E-state index >= 15 is 0 Å². The lowest BCUT2D eigenvalue weighted by atomic mass is 10.2. The highest BCUT2D eigenvalue weighted by atomic mass is 35.5. The summed E-state index contributed by atoms with van der Waals surface area (Å²) >= 11 is 7.38. The summed E-state index contributed by atoms with van der Waals surface area (Å²) < 4.78 is 19.3. The summed E-state index contributed by atoms with van der Waals surface area (Å²) in [4.78, 5) is 1.12. The third-order valence-corrected chi connectivity index (χ3v) is 3.56. The molecule has 2 rings (SSSR count). The zero-order valence-corrected chi connectivity index (χ0v) is 11.4. The van der Waals surface area contributed by atoms with Gasteiger partial charge in [0.1, 0.15) is 11.6 Å². The molecule has 96 valence electrons. The standard InChI is InChI=1S/C13H13ClFNOS/c1-2-17-12-7-9(15)3-5-11(12)16-8-10-4-6-13(14)18-10/h3-7,16H,2,8H2,1H3. The maximum atomic E-state index is 13.1. The van der Waals surface area contributed by atoms with Crippen LogP contribution in [0.3, 0.4) is 0 Å². The molecular formula is C13H13ClFNOS. The van der Waals surface area contributed by atoms with E-state index in [1.54, 1.807) is 6.07 Å². The molecule has 0 bridgehead atoms. The van der Waals surface area contributed by atoms with E-state index in [1.165, 1.54) is 23.5 Å². The lowest BCUT2D eigenvalue weighted by Crippen LogP contribution is -2.02. The van der Waals surface area contributed by atoms with Crippen molar-refractivity contribution < 1.29 is 9.13 Å². The van der Waals surface area contributed by atoms with Gasteiger partial charge in [-0.2, -0.15) is 0 Å². The van der Waals surface area contributed by atoms with E-state index in [0.717, 1.165) is 14.9 Å². The lowest BCUT2D eigenvalue weighted by Gasteiger charge is -2.11. The molecule has 0 unspecified atom stereocenters. The third-order valence-electron chi connectivity index (χ3n) is 2.33. The number of rotatable bonds is 5. The predicted molar refractivity (Wildman–Crippen MR) is 74.2 cm³/mol. The van der Waals surface area contributed by atoms with E-state index in [-0.39, 0.29) is 5.82 Å². The third kappa shape index (κ3) is 3.37. The Labute approximate surface area is 114 Å². The Balaban J connectivity index is 2.08. The summed E-state index contributed by atoms with van der Waals surface area (Å²) in [6.45, 7) is 3.01. The molecule has 1 heterocycles. The summed E-state index contributed by atoms with van der Waals surface area (Å²) in [7, 11) is 0. The molecule has 0 atom stereocenters. The maximum absolute atomic E-state index is 13.1. The highest BCUT2D eigenvalue weighted by molar-refractivity contribution is 7.16. The first-order chi connectivity index (χ1) is 8.69. The number of nitrogens with one attached hydrogen (secondary N) is 1. The first-order valence-electron chi connectivity index (χ1n) is 5.59. The highest BCUT2D eigenvalue weighted by Crippen LogP contribution is 2.27. The van der Waals surface area contributed by atoms with Gasteiger partial charge in [-0.1, -0.05) is 11.6 Å².